The lowest BCUT2D eigenvalue weighted by Gasteiger charge is -2.43. The third kappa shape index (κ3) is 3.14. The van der Waals surface area contributed by atoms with Crippen LogP contribution >= 0.6 is 0 Å². The maximum Gasteiger partial charge on any atom is 0.256 e. The summed E-state index contributed by atoms with van der Waals surface area (Å²) in [6.07, 6.45) is 4.51. The average molecular weight is 434 g/mol. The Labute approximate surface area is 185 Å². The largest absolute Gasteiger partial charge is 0.455 e. The molecular formula is C24H26N4O4. The van der Waals surface area contributed by atoms with Crippen molar-refractivity contribution in [2.24, 2.45) is 0 Å². The van der Waals surface area contributed by atoms with E-state index in [4.69, 9.17) is 4.74 Å². The number of likely N-dealkylation sites (tertiary alicyclic amines) is 1. The third-order valence-corrected chi connectivity index (χ3v) is 6.80. The number of rotatable bonds is 4. The molecule has 2 aliphatic rings. The number of nitrogens with zero attached hydrogens (tertiary/aromatic N) is 3. The summed E-state index contributed by atoms with van der Waals surface area (Å²) in [5, 5.41) is 16.9. The topological polar surface area (TPSA) is 96.2 Å². The number of likely N-dealkylation sites (N-methyl/N-ethyl adjacent to an activating group) is 1. The van der Waals surface area contributed by atoms with Crippen molar-refractivity contribution < 1.29 is 19.4 Å². The Morgan fingerprint density at radius 2 is 2.09 bits per heavy atom. The molecule has 1 aliphatic carbocycles. The molecule has 3 atom stereocenters. The van der Waals surface area contributed by atoms with E-state index in [1.54, 1.807) is 34.9 Å². The molecule has 1 saturated heterocycles. The molecule has 32 heavy (non-hydrogen) atoms. The van der Waals surface area contributed by atoms with Gasteiger partial charge in [-0.1, -0.05) is 6.07 Å². The van der Waals surface area contributed by atoms with Crippen molar-refractivity contribution in [1.82, 2.24) is 19.8 Å². The van der Waals surface area contributed by atoms with Gasteiger partial charge in [-0.2, -0.15) is 5.10 Å². The fourth-order valence-electron chi connectivity index (χ4n) is 4.77. The molecular weight excluding hydrogens is 408 g/mol. The predicted octanol–water partition coefficient (Wildman–Crippen LogP) is 2.42. The number of aromatic nitrogens is 2. The summed E-state index contributed by atoms with van der Waals surface area (Å²) in [5.41, 5.74) is 4.24. The summed E-state index contributed by atoms with van der Waals surface area (Å²) in [5.74, 6) is 1.10. The fraction of sp³-hybridized carbons (Fsp3) is 0.375. The van der Waals surface area contributed by atoms with Gasteiger partial charge in [0.25, 0.3) is 5.91 Å². The predicted molar refractivity (Wildman–Crippen MR) is 118 cm³/mol. The van der Waals surface area contributed by atoms with Crippen LogP contribution in [-0.2, 0) is 11.2 Å². The minimum absolute atomic E-state index is 0.0401. The van der Waals surface area contributed by atoms with Gasteiger partial charge in [-0.15, -0.1) is 0 Å². The fourth-order valence-corrected chi connectivity index (χ4v) is 4.77. The summed E-state index contributed by atoms with van der Waals surface area (Å²) in [6, 6.07) is 7.42. The molecule has 3 aromatic rings. The van der Waals surface area contributed by atoms with Crippen LogP contribution in [0.2, 0.25) is 0 Å². The van der Waals surface area contributed by atoms with Gasteiger partial charge < -0.3 is 20.1 Å². The second kappa shape index (κ2) is 7.63. The van der Waals surface area contributed by atoms with Gasteiger partial charge in [0, 0.05) is 25.9 Å². The molecule has 0 saturated carbocycles. The summed E-state index contributed by atoms with van der Waals surface area (Å²) < 4.78 is 7.89. The van der Waals surface area contributed by atoms with E-state index in [1.165, 1.54) is 0 Å². The quantitative estimate of drug-likeness (QED) is 0.658. The zero-order chi connectivity index (χ0) is 22.6. The number of benzene rings is 1. The molecule has 2 amide bonds. The van der Waals surface area contributed by atoms with Crippen LogP contribution in [-0.4, -0.2) is 57.2 Å². The molecule has 0 unspecified atom stereocenters. The van der Waals surface area contributed by atoms with Gasteiger partial charge in [-0.05, 0) is 55.5 Å². The summed E-state index contributed by atoms with van der Waals surface area (Å²) in [7, 11) is 1.66. The molecule has 3 heterocycles. The zero-order valence-corrected chi connectivity index (χ0v) is 18.3. The van der Waals surface area contributed by atoms with E-state index in [0.29, 0.717) is 23.6 Å². The Balaban J connectivity index is 1.45. The number of aryl methyl sites for hydroxylation is 2. The number of carbonyl (C=O) groups is 2. The molecule has 1 aliphatic heterocycles. The van der Waals surface area contributed by atoms with Crippen LogP contribution in [0.25, 0.3) is 5.52 Å². The summed E-state index contributed by atoms with van der Waals surface area (Å²) >= 11 is 0. The molecule has 2 N–H and O–H groups in total. The van der Waals surface area contributed by atoms with Gasteiger partial charge in [-0.3, -0.25) is 9.59 Å². The highest BCUT2D eigenvalue weighted by molar-refractivity contribution is 5.99. The molecule has 1 aromatic carbocycles. The molecule has 8 nitrogen and oxygen atoms in total. The molecule has 1 fully saturated rings. The normalized spacial score (nSPS) is 21.9. The van der Waals surface area contributed by atoms with Crippen molar-refractivity contribution in [2.45, 2.75) is 44.8 Å². The van der Waals surface area contributed by atoms with Crippen LogP contribution in [0.3, 0.4) is 0 Å². The van der Waals surface area contributed by atoms with Gasteiger partial charge in [0.15, 0.2) is 5.75 Å². The van der Waals surface area contributed by atoms with E-state index in [-0.39, 0.29) is 23.8 Å². The lowest BCUT2D eigenvalue weighted by atomic mass is 9.99. The Morgan fingerprint density at radius 3 is 2.81 bits per heavy atom. The molecule has 2 aromatic heterocycles. The van der Waals surface area contributed by atoms with Crippen LogP contribution in [0.1, 0.15) is 46.3 Å². The van der Waals surface area contributed by atoms with Gasteiger partial charge in [0.1, 0.15) is 11.3 Å². The molecule has 5 rings (SSSR count). The highest BCUT2D eigenvalue weighted by Crippen LogP contribution is 2.37. The monoisotopic (exact) mass is 434 g/mol. The van der Waals surface area contributed by atoms with Crippen molar-refractivity contribution in [3.8, 4) is 11.5 Å². The van der Waals surface area contributed by atoms with Crippen LogP contribution < -0.4 is 10.1 Å². The first-order chi connectivity index (χ1) is 15.4. The van der Waals surface area contributed by atoms with Gasteiger partial charge in [0.2, 0.25) is 5.91 Å². The van der Waals surface area contributed by atoms with Gasteiger partial charge in [0.05, 0.1) is 29.8 Å². The molecule has 0 bridgehead atoms. The number of carbonyl (C=O) groups excluding carboxylic acids is 2. The van der Waals surface area contributed by atoms with E-state index in [9.17, 15) is 14.7 Å². The smallest absolute Gasteiger partial charge is 0.256 e. The number of hydrogen-bond donors (Lipinski definition) is 2. The van der Waals surface area contributed by atoms with E-state index in [0.717, 1.165) is 35.0 Å². The van der Waals surface area contributed by atoms with E-state index < -0.39 is 6.10 Å². The summed E-state index contributed by atoms with van der Waals surface area (Å²) in [4.78, 5) is 26.8. The van der Waals surface area contributed by atoms with E-state index >= 15 is 0 Å². The number of aliphatic hydroxyl groups is 1. The molecule has 8 heteroatoms. The van der Waals surface area contributed by atoms with Crippen LogP contribution in [0.5, 0.6) is 11.5 Å². The molecule has 166 valence electrons. The Hall–Kier alpha value is -3.39. The average Bonchev–Trinajstić information content (AvgIpc) is 3.37. The lowest BCUT2D eigenvalue weighted by molar-refractivity contribution is -0.122. The van der Waals surface area contributed by atoms with Gasteiger partial charge >= 0.3 is 0 Å². The third-order valence-electron chi connectivity index (χ3n) is 6.80. The zero-order valence-electron chi connectivity index (χ0n) is 18.3. The Kier molecular flexibility index (Phi) is 4.89. The van der Waals surface area contributed by atoms with Crippen molar-refractivity contribution in [3.05, 3.63) is 58.9 Å². The minimum Gasteiger partial charge on any atom is -0.455 e. The number of aliphatic hydroxyl groups excluding tert-OH is 1. The maximum absolute atomic E-state index is 13.0. The van der Waals surface area contributed by atoms with E-state index in [2.05, 4.69) is 10.4 Å². The number of fused-ring (bicyclic) bond motifs is 2. The number of ether oxygens (including phenoxy) is 1. The van der Waals surface area contributed by atoms with Crippen molar-refractivity contribution in [3.63, 3.8) is 0 Å². The second-order valence-corrected chi connectivity index (χ2v) is 8.59. The highest BCUT2D eigenvalue weighted by Gasteiger charge is 2.38. The maximum atomic E-state index is 13.0. The van der Waals surface area contributed by atoms with Crippen molar-refractivity contribution in [1.29, 1.82) is 0 Å². The minimum atomic E-state index is -0.476. The first-order valence-corrected chi connectivity index (χ1v) is 10.9. The Morgan fingerprint density at radius 1 is 1.28 bits per heavy atom. The number of nitrogens with one attached hydrogen (secondary N) is 1. The first kappa shape index (κ1) is 20.5. The SMILES string of the molecule is CNC(=O)[C@H]1CCc2cc(Oc3ccnn4cc(C(=O)N5C[C@H](O)[C@H]5C)c(C)c34)ccc21. The molecule has 0 radical (unpaired) electrons. The second-order valence-electron chi connectivity index (χ2n) is 8.59. The van der Waals surface area contributed by atoms with Crippen LogP contribution in [0.15, 0.2) is 36.7 Å². The number of β-amino-alcohol motifs (C(OH)–C–C–N with tert-alkyl or cyclic N) is 1. The van der Waals surface area contributed by atoms with E-state index in [1.807, 2.05) is 32.0 Å². The number of amides is 2. The summed E-state index contributed by atoms with van der Waals surface area (Å²) in [6.45, 7) is 4.07. The highest BCUT2D eigenvalue weighted by atomic mass is 16.5. The molecule has 0 spiro atoms. The van der Waals surface area contributed by atoms with Crippen molar-refractivity contribution >= 4 is 17.3 Å². The van der Waals surface area contributed by atoms with Gasteiger partial charge in [-0.25, -0.2) is 4.52 Å². The lowest BCUT2D eigenvalue weighted by Crippen LogP contribution is -2.60. The standard InChI is InChI=1S/C24H26N4O4/c1-13-19(24(31)27-12-20(29)14(27)2)11-28-22(13)21(8-9-26-28)32-16-5-7-17-15(10-16)4-6-18(17)23(30)25-3/h5,7-11,14,18,20,29H,4,6,12H2,1-3H3,(H,25,30)/t14-,18+,20+/m1/s1. The van der Waals surface area contributed by atoms with Crippen LogP contribution in [0, 0.1) is 6.92 Å². The Bertz CT molecular complexity index is 1230. The van der Waals surface area contributed by atoms with Crippen LogP contribution in [0.4, 0.5) is 0 Å². The van der Waals surface area contributed by atoms with Crippen molar-refractivity contribution in [2.75, 3.05) is 13.6 Å². The number of hydrogen-bond acceptors (Lipinski definition) is 5. The first-order valence-electron chi connectivity index (χ1n) is 10.9.